The minimum atomic E-state index is -0.137. The second kappa shape index (κ2) is 7.53. The van der Waals surface area contributed by atoms with E-state index in [9.17, 15) is 4.79 Å². The minimum absolute atomic E-state index is 0.137. The number of benzene rings is 1. The molecule has 0 unspecified atom stereocenters. The van der Waals surface area contributed by atoms with Gasteiger partial charge in [-0.3, -0.25) is 4.79 Å². The number of anilines is 1. The van der Waals surface area contributed by atoms with Crippen molar-refractivity contribution < 1.29 is 14.3 Å². The average Bonchev–Trinajstić information content (AvgIpc) is 3.25. The molecule has 1 aromatic carbocycles. The lowest BCUT2D eigenvalue weighted by molar-refractivity contribution is 0.0682. The molecule has 2 aromatic rings. The number of amides is 1. The van der Waals surface area contributed by atoms with Crippen LogP contribution in [0.1, 0.15) is 43.2 Å². The standard InChI is InChI=1S/C19H24N2O3/c1-14(2)21-11-5-9-17(21)19(22)20-16-8-3-4-10-18(16)24-13-15-7-6-12-23-15/h3-5,8-11,14-15H,6-7,12-13H2,1-2H3,(H,20,22)/t15-/m1/s1. The van der Waals surface area contributed by atoms with E-state index >= 15 is 0 Å². The molecule has 1 saturated heterocycles. The average molecular weight is 328 g/mol. The highest BCUT2D eigenvalue weighted by Gasteiger charge is 2.18. The van der Waals surface area contributed by atoms with Crippen molar-refractivity contribution in [3.05, 3.63) is 48.3 Å². The molecular weight excluding hydrogens is 304 g/mol. The predicted molar refractivity (Wildman–Crippen MR) is 93.7 cm³/mol. The van der Waals surface area contributed by atoms with Gasteiger partial charge in [0, 0.05) is 18.8 Å². The largest absolute Gasteiger partial charge is 0.489 e. The van der Waals surface area contributed by atoms with Crippen molar-refractivity contribution in [1.29, 1.82) is 0 Å². The molecule has 0 saturated carbocycles. The van der Waals surface area contributed by atoms with E-state index in [1.807, 2.05) is 47.2 Å². The second-order valence-corrected chi connectivity index (χ2v) is 6.29. The number of nitrogens with zero attached hydrogens (tertiary/aromatic N) is 1. The molecule has 3 rings (SSSR count). The van der Waals surface area contributed by atoms with Crippen LogP contribution in [0.4, 0.5) is 5.69 Å². The van der Waals surface area contributed by atoms with E-state index in [0.29, 0.717) is 23.7 Å². The van der Waals surface area contributed by atoms with Gasteiger partial charge in [-0.2, -0.15) is 0 Å². The summed E-state index contributed by atoms with van der Waals surface area (Å²) in [6.07, 6.45) is 4.17. The van der Waals surface area contributed by atoms with Crippen LogP contribution in [0.15, 0.2) is 42.6 Å². The van der Waals surface area contributed by atoms with Crippen molar-refractivity contribution >= 4 is 11.6 Å². The Kier molecular flexibility index (Phi) is 5.20. The molecule has 1 N–H and O–H groups in total. The van der Waals surface area contributed by atoms with Gasteiger partial charge in [-0.1, -0.05) is 12.1 Å². The zero-order valence-corrected chi connectivity index (χ0v) is 14.2. The van der Waals surface area contributed by atoms with E-state index in [2.05, 4.69) is 19.2 Å². The quantitative estimate of drug-likeness (QED) is 0.875. The Labute approximate surface area is 142 Å². The molecule has 1 aromatic heterocycles. The van der Waals surface area contributed by atoms with Gasteiger partial charge in [0.25, 0.3) is 5.91 Å². The Morgan fingerprint density at radius 2 is 2.17 bits per heavy atom. The van der Waals surface area contributed by atoms with E-state index in [-0.39, 0.29) is 18.1 Å². The van der Waals surface area contributed by atoms with Crippen molar-refractivity contribution in [3.8, 4) is 5.75 Å². The van der Waals surface area contributed by atoms with Crippen molar-refractivity contribution in [1.82, 2.24) is 4.57 Å². The van der Waals surface area contributed by atoms with Gasteiger partial charge in [0.1, 0.15) is 18.1 Å². The molecule has 0 spiro atoms. The van der Waals surface area contributed by atoms with Gasteiger partial charge in [-0.15, -0.1) is 0 Å². The Bertz CT molecular complexity index is 687. The fraction of sp³-hybridized carbons (Fsp3) is 0.421. The summed E-state index contributed by atoms with van der Waals surface area (Å²) in [7, 11) is 0. The van der Waals surface area contributed by atoms with Gasteiger partial charge in [0.15, 0.2) is 0 Å². The van der Waals surface area contributed by atoms with Crippen molar-refractivity contribution in [2.75, 3.05) is 18.5 Å². The summed E-state index contributed by atoms with van der Waals surface area (Å²) in [5.74, 6) is 0.533. The maximum atomic E-state index is 12.6. The topological polar surface area (TPSA) is 52.5 Å². The highest BCUT2D eigenvalue weighted by atomic mass is 16.5. The molecule has 1 amide bonds. The van der Waals surface area contributed by atoms with Crippen LogP contribution >= 0.6 is 0 Å². The van der Waals surface area contributed by atoms with E-state index in [1.165, 1.54) is 0 Å². The Hall–Kier alpha value is -2.27. The first kappa shape index (κ1) is 16.6. The maximum absolute atomic E-state index is 12.6. The lowest BCUT2D eigenvalue weighted by Crippen LogP contribution is -2.20. The Morgan fingerprint density at radius 1 is 1.33 bits per heavy atom. The summed E-state index contributed by atoms with van der Waals surface area (Å²) < 4.78 is 13.4. The molecule has 128 valence electrons. The van der Waals surface area contributed by atoms with Gasteiger partial charge >= 0.3 is 0 Å². The second-order valence-electron chi connectivity index (χ2n) is 6.29. The molecule has 24 heavy (non-hydrogen) atoms. The Balaban J connectivity index is 1.70. The van der Waals surface area contributed by atoms with E-state index in [1.54, 1.807) is 0 Å². The number of rotatable bonds is 6. The van der Waals surface area contributed by atoms with Crippen LogP contribution in [0.2, 0.25) is 0 Å². The maximum Gasteiger partial charge on any atom is 0.272 e. The summed E-state index contributed by atoms with van der Waals surface area (Å²) in [6.45, 7) is 5.42. The fourth-order valence-electron chi connectivity index (χ4n) is 2.88. The molecule has 0 radical (unpaired) electrons. The lowest BCUT2D eigenvalue weighted by atomic mass is 10.2. The molecule has 1 aliphatic heterocycles. The predicted octanol–water partition coefficient (Wildman–Crippen LogP) is 3.88. The van der Waals surface area contributed by atoms with Gasteiger partial charge in [-0.05, 0) is 51.0 Å². The normalized spacial score (nSPS) is 17.2. The minimum Gasteiger partial charge on any atom is -0.489 e. The van der Waals surface area contributed by atoms with Crippen molar-refractivity contribution in [2.45, 2.75) is 38.8 Å². The van der Waals surface area contributed by atoms with E-state index in [0.717, 1.165) is 19.4 Å². The third-order valence-corrected chi connectivity index (χ3v) is 4.15. The molecule has 5 nitrogen and oxygen atoms in total. The third kappa shape index (κ3) is 3.79. The zero-order valence-electron chi connectivity index (χ0n) is 14.2. The lowest BCUT2D eigenvalue weighted by Gasteiger charge is -2.16. The third-order valence-electron chi connectivity index (χ3n) is 4.15. The van der Waals surface area contributed by atoms with Gasteiger partial charge in [0.2, 0.25) is 0 Å². The fourth-order valence-corrected chi connectivity index (χ4v) is 2.88. The molecule has 0 aliphatic carbocycles. The number of hydrogen-bond acceptors (Lipinski definition) is 3. The van der Waals surface area contributed by atoms with E-state index < -0.39 is 0 Å². The number of carbonyl (C=O) groups excluding carboxylic acids is 1. The van der Waals surface area contributed by atoms with Gasteiger partial charge in [0.05, 0.1) is 11.8 Å². The molecule has 2 heterocycles. The molecule has 1 fully saturated rings. The van der Waals surface area contributed by atoms with Gasteiger partial charge in [-0.25, -0.2) is 0 Å². The first-order chi connectivity index (χ1) is 11.6. The number of para-hydroxylation sites is 2. The molecule has 0 bridgehead atoms. The van der Waals surface area contributed by atoms with Crippen LogP contribution in [-0.4, -0.2) is 29.8 Å². The molecular formula is C19H24N2O3. The number of nitrogens with one attached hydrogen (secondary N) is 1. The van der Waals surface area contributed by atoms with Crippen molar-refractivity contribution in [3.63, 3.8) is 0 Å². The summed E-state index contributed by atoms with van der Waals surface area (Å²) in [5, 5.41) is 2.96. The summed E-state index contributed by atoms with van der Waals surface area (Å²) in [6, 6.07) is 11.4. The molecule has 1 atom stereocenters. The highest BCUT2D eigenvalue weighted by Crippen LogP contribution is 2.26. The SMILES string of the molecule is CC(C)n1cccc1C(=O)Nc1ccccc1OC[C@H]1CCCO1. The first-order valence-corrected chi connectivity index (χ1v) is 8.47. The van der Waals surface area contributed by atoms with Crippen LogP contribution < -0.4 is 10.1 Å². The molecule has 5 heteroatoms. The van der Waals surface area contributed by atoms with Crippen molar-refractivity contribution in [2.24, 2.45) is 0 Å². The van der Waals surface area contributed by atoms with Crippen LogP contribution in [0.5, 0.6) is 5.75 Å². The number of hydrogen-bond donors (Lipinski definition) is 1. The first-order valence-electron chi connectivity index (χ1n) is 8.47. The van der Waals surface area contributed by atoms with Crippen LogP contribution in [0, 0.1) is 0 Å². The van der Waals surface area contributed by atoms with Crippen LogP contribution in [0.25, 0.3) is 0 Å². The summed E-state index contributed by atoms with van der Waals surface area (Å²) in [4.78, 5) is 12.6. The van der Waals surface area contributed by atoms with Crippen LogP contribution in [-0.2, 0) is 4.74 Å². The number of ether oxygens (including phenoxy) is 2. The number of carbonyl (C=O) groups is 1. The van der Waals surface area contributed by atoms with Crippen LogP contribution in [0.3, 0.4) is 0 Å². The molecule has 1 aliphatic rings. The van der Waals surface area contributed by atoms with E-state index in [4.69, 9.17) is 9.47 Å². The summed E-state index contributed by atoms with van der Waals surface area (Å²) >= 11 is 0. The summed E-state index contributed by atoms with van der Waals surface area (Å²) in [5.41, 5.74) is 1.32. The Morgan fingerprint density at radius 3 is 2.92 bits per heavy atom. The number of aromatic nitrogens is 1. The monoisotopic (exact) mass is 328 g/mol. The highest BCUT2D eigenvalue weighted by molar-refractivity contribution is 6.04. The zero-order chi connectivity index (χ0) is 16.9. The smallest absolute Gasteiger partial charge is 0.272 e. The van der Waals surface area contributed by atoms with Gasteiger partial charge < -0.3 is 19.4 Å².